The van der Waals surface area contributed by atoms with E-state index < -0.39 is 5.82 Å². The first-order chi connectivity index (χ1) is 8.17. The minimum absolute atomic E-state index is 0.241. The molecular formula is C11H16ClFN4. The Kier molecular flexibility index (Phi) is 5.72. The number of benzene rings is 1. The van der Waals surface area contributed by atoms with Crippen molar-refractivity contribution in [1.82, 2.24) is 5.43 Å². The molecule has 0 heterocycles. The summed E-state index contributed by atoms with van der Waals surface area (Å²) in [6.07, 6.45) is 1.98. The van der Waals surface area contributed by atoms with Crippen molar-refractivity contribution in [3.05, 3.63) is 29.0 Å². The van der Waals surface area contributed by atoms with Crippen molar-refractivity contribution in [2.24, 2.45) is 10.8 Å². The maximum Gasteiger partial charge on any atom is 0.210 e. The molecule has 4 nitrogen and oxygen atoms in total. The molecule has 6 heteroatoms. The number of guanidine groups is 1. The second-order valence-corrected chi connectivity index (χ2v) is 3.91. The van der Waals surface area contributed by atoms with Crippen LogP contribution in [0.2, 0.25) is 5.02 Å². The zero-order valence-electron chi connectivity index (χ0n) is 9.63. The van der Waals surface area contributed by atoms with Crippen molar-refractivity contribution in [2.75, 3.05) is 11.9 Å². The van der Waals surface area contributed by atoms with Gasteiger partial charge in [-0.15, -0.1) is 0 Å². The van der Waals surface area contributed by atoms with Gasteiger partial charge in [-0.1, -0.05) is 24.9 Å². The number of nitrogens with zero attached hydrogens (tertiary/aromatic N) is 1. The van der Waals surface area contributed by atoms with Gasteiger partial charge >= 0.3 is 0 Å². The van der Waals surface area contributed by atoms with Gasteiger partial charge in [-0.05, 0) is 24.6 Å². The van der Waals surface area contributed by atoms with Crippen LogP contribution in [0, 0.1) is 5.82 Å². The highest BCUT2D eigenvalue weighted by atomic mass is 35.5. The Balaban J connectivity index is 2.73. The van der Waals surface area contributed by atoms with E-state index in [0.29, 0.717) is 17.5 Å². The van der Waals surface area contributed by atoms with Crippen molar-refractivity contribution in [3.8, 4) is 0 Å². The Labute approximate surface area is 105 Å². The van der Waals surface area contributed by atoms with Gasteiger partial charge in [-0.2, -0.15) is 0 Å². The fourth-order valence-corrected chi connectivity index (χ4v) is 1.36. The molecular weight excluding hydrogens is 243 g/mol. The molecule has 0 saturated carbocycles. The van der Waals surface area contributed by atoms with Crippen molar-refractivity contribution in [1.29, 1.82) is 0 Å². The Hall–Kier alpha value is -1.33. The molecule has 0 aliphatic rings. The van der Waals surface area contributed by atoms with Crippen LogP contribution in [-0.4, -0.2) is 12.5 Å². The topological polar surface area (TPSA) is 62.4 Å². The standard InChI is InChI=1S/C11H16ClFN4/c1-2-3-6-15-11(17-14)16-10-7-8(12)4-5-9(10)13/h4-5,7H,2-3,6,14H2,1H3,(H2,15,16,17). The molecule has 1 aromatic rings. The largest absolute Gasteiger partial charge is 0.323 e. The third-order valence-electron chi connectivity index (χ3n) is 2.10. The number of nitrogens with one attached hydrogen (secondary N) is 2. The summed E-state index contributed by atoms with van der Waals surface area (Å²) in [6.45, 7) is 2.69. The predicted molar refractivity (Wildman–Crippen MR) is 69.6 cm³/mol. The molecule has 94 valence electrons. The maximum absolute atomic E-state index is 13.4. The number of hydrogen-bond acceptors (Lipinski definition) is 2. The third kappa shape index (κ3) is 4.58. The van der Waals surface area contributed by atoms with Gasteiger partial charge in [-0.25, -0.2) is 10.2 Å². The molecule has 0 radical (unpaired) electrons. The van der Waals surface area contributed by atoms with Gasteiger partial charge in [0.2, 0.25) is 5.96 Å². The molecule has 0 spiro atoms. The molecule has 0 amide bonds. The van der Waals surface area contributed by atoms with Gasteiger partial charge in [0, 0.05) is 11.6 Å². The van der Waals surface area contributed by atoms with Gasteiger partial charge < -0.3 is 5.32 Å². The summed E-state index contributed by atoms with van der Waals surface area (Å²) < 4.78 is 13.4. The molecule has 0 unspecified atom stereocenters. The van der Waals surface area contributed by atoms with Gasteiger partial charge in [0.25, 0.3) is 0 Å². The Bertz CT molecular complexity index is 395. The zero-order valence-corrected chi connectivity index (χ0v) is 10.4. The van der Waals surface area contributed by atoms with Crippen LogP contribution in [0.3, 0.4) is 0 Å². The number of hydrogen-bond donors (Lipinski definition) is 3. The second-order valence-electron chi connectivity index (χ2n) is 3.48. The Morgan fingerprint density at radius 2 is 2.29 bits per heavy atom. The summed E-state index contributed by atoms with van der Waals surface area (Å²) in [5.74, 6) is 5.20. The Morgan fingerprint density at radius 3 is 2.94 bits per heavy atom. The highest BCUT2D eigenvalue weighted by Gasteiger charge is 2.04. The summed E-state index contributed by atoms with van der Waals surface area (Å²) >= 11 is 5.77. The van der Waals surface area contributed by atoms with Crippen LogP contribution in [-0.2, 0) is 0 Å². The van der Waals surface area contributed by atoms with Gasteiger partial charge in [0.1, 0.15) is 5.82 Å². The number of anilines is 1. The Morgan fingerprint density at radius 1 is 1.53 bits per heavy atom. The monoisotopic (exact) mass is 258 g/mol. The van der Waals surface area contributed by atoms with Crippen LogP contribution in [0.25, 0.3) is 0 Å². The molecule has 17 heavy (non-hydrogen) atoms. The molecule has 0 aliphatic heterocycles. The lowest BCUT2D eigenvalue weighted by molar-refractivity contribution is 0.632. The van der Waals surface area contributed by atoms with E-state index in [0.717, 1.165) is 12.8 Å². The van der Waals surface area contributed by atoms with E-state index >= 15 is 0 Å². The van der Waals surface area contributed by atoms with Crippen LogP contribution >= 0.6 is 11.6 Å². The van der Waals surface area contributed by atoms with Gasteiger partial charge in [0.05, 0.1) is 5.69 Å². The van der Waals surface area contributed by atoms with E-state index in [2.05, 4.69) is 22.7 Å². The second kappa shape index (κ2) is 7.09. The molecule has 1 rings (SSSR count). The number of nitrogens with two attached hydrogens (primary N) is 1. The summed E-state index contributed by atoms with van der Waals surface area (Å²) in [6, 6.07) is 4.24. The van der Waals surface area contributed by atoms with Crippen molar-refractivity contribution in [2.45, 2.75) is 19.8 Å². The van der Waals surface area contributed by atoms with E-state index in [-0.39, 0.29) is 5.69 Å². The molecule has 4 N–H and O–H groups in total. The first-order valence-corrected chi connectivity index (χ1v) is 5.78. The lowest BCUT2D eigenvalue weighted by Crippen LogP contribution is -2.36. The zero-order chi connectivity index (χ0) is 12.7. The fraction of sp³-hybridized carbons (Fsp3) is 0.364. The minimum Gasteiger partial charge on any atom is -0.323 e. The first kappa shape index (κ1) is 13.7. The summed E-state index contributed by atoms with van der Waals surface area (Å²) in [5, 5.41) is 3.19. The van der Waals surface area contributed by atoms with Crippen LogP contribution < -0.4 is 16.6 Å². The molecule has 0 aliphatic carbocycles. The highest BCUT2D eigenvalue weighted by Crippen LogP contribution is 2.19. The fourth-order valence-electron chi connectivity index (χ4n) is 1.19. The lowest BCUT2D eigenvalue weighted by atomic mass is 10.3. The first-order valence-electron chi connectivity index (χ1n) is 5.40. The minimum atomic E-state index is -0.409. The number of hydrazine groups is 1. The number of halogens is 2. The molecule has 0 saturated heterocycles. The number of rotatable bonds is 4. The third-order valence-corrected chi connectivity index (χ3v) is 2.33. The average Bonchev–Trinajstić information content (AvgIpc) is 2.32. The van der Waals surface area contributed by atoms with E-state index in [1.807, 2.05) is 0 Å². The van der Waals surface area contributed by atoms with E-state index in [4.69, 9.17) is 17.4 Å². The van der Waals surface area contributed by atoms with Crippen molar-refractivity contribution in [3.63, 3.8) is 0 Å². The SMILES string of the molecule is CCCCN=C(NN)Nc1cc(Cl)ccc1F. The van der Waals surface area contributed by atoms with Crippen LogP contribution in [0.1, 0.15) is 19.8 Å². The highest BCUT2D eigenvalue weighted by molar-refractivity contribution is 6.30. The van der Waals surface area contributed by atoms with Crippen molar-refractivity contribution >= 4 is 23.2 Å². The molecule has 0 aromatic heterocycles. The predicted octanol–water partition coefficient (Wildman–Crippen LogP) is 2.51. The van der Waals surface area contributed by atoms with E-state index in [1.165, 1.54) is 18.2 Å². The van der Waals surface area contributed by atoms with Crippen LogP contribution in [0.5, 0.6) is 0 Å². The quantitative estimate of drug-likeness (QED) is 0.256. The van der Waals surface area contributed by atoms with Crippen LogP contribution in [0.15, 0.2) is 23.2 Å². The van der Waals surface area contributed by atoms with Crippen molar-refractivity contribution < 1.29 is 4.39 Å². The maximum atomic E-state index is 13.4. The molecule has 0 atom stereocenters. The number of unbranched alkanes of at least 4 members (excludes halogenated alkanes) is 1. The normalized spacial score (nSPS) is 11.4. The van der Waals surface area contributed by atoms with Gasteiger partial charge in [0.15, 0.2) is 0 Å². The average molecular weight is 259 g/mol. The summed E-state index contributed by atoms with van der Waals surface area (Å²) in [7, 11) is 0. The van der Waals surface area contributed by atoms with Crippen LogP contribution in [0.4, 0.5) is 10.1 Å². The van der Waals surface area contributed by atoms with E-state index in [9.17, 15) is 4.39 Å². The van der Waals surface area contributed by atoms with E-state index in [1.54, 1.807) is 0 Å². The molecule has 0 bridgehead atoms. The molecule has 0 fully saturated rings. The summed E-state index contributed by atoms with van der Waals surface area (Å²) in [5.41, 5.74) is 2.63. The number of aliphatic imine (C=N–C) groups is 1. The smallest absolute Gasteiger partial charge is 0.210 e. The molecule has 1 aromatic carbocycles. The summed E-state index contributed by atoms with van der Waals surface area (Å²) in [4.78, 5) is 4.16. The lowest BCUT2D eigenvalue weighted by Gasteiger charge is -2.10. The van der Waals surface area contributed by atoms with Gasteiger partial charge in [-0.3, -0.25) is 10.4 Å².